The molecule has 1 rings (SSSR count). The van der Waals surface area contributed by atoms with E-state index in [1.807, 2.05) is 0 Å². The Labute approximate surface area is 113 Å². The fraction of sp³-hybridized carbons (Fsp3) is 0.600. The van der Waals surface area contributed by atoms with Gasteiger partial charge in [0.15, 0.2) is 0 Å². The van der Waals surface area contributed by atoms with Crippen LogP contribution in [-0.2, 0) is 5.41 Å². The first-order valence-electron chi connectivity index (χ1n) is 6.53. The molecular formula is C15H25ClSi. The largest absolute Gasteiger partial charge is 0.127 e. The van der Waals surface area contributed by atoms with Gasteiger partial charge in [-0.15, -0.1) is 11.6 Å². The smallest absolute Gasteiger partial charge is 0.0388 e. The van der Waals surface area contributed by atoms with Crippen LogP contribution in [0.5, 0.6) is 0 Å². The van der Waals surface area contributed by atoms with Gasteiger partial charge in [0.25, 0.3) is 0 Å². The van der Waals surface area contributed by atoms with Crippen LogP contribution >= 0.6 is 11.6 Å². The van der Waals surface area contributed by atoms with Gasteiger partial charge in [0.1, 0.15) is 0 Å². The summed E-state index contributed by atoms with van der Waals surface area (Å²) in [6.45, 7) is 11.7. The predicted octanol–water partition coefficient (Wildman–Crippen LogP) is 4.72. The van der Waals surface area contributed by atoms with Crippen molar-refractivity contribution < 1.29 is 0 Å². The van der Waals surface area contributed by atoms with E-state index >= 15 is 0 Å². The Morgan fingerprint density at radius 1 is 1.18 bits per heavy atom. The van der Waals surface area contributed by atoms with E-state index < -0.39 is 8.80 Å². The summed E-state index contributed by atoms with van der Waals surface area (Å²) in [5.41, 5.74) is 3.98. The Morgan fingerprint density at radius 2 is 1.76 bits per heavy atom. The highest BCUT2D eigenvalue weighted by molar-refractivity contribution is 6.57. The number of hydrogen-bond acceptors (Lipinski definition) is 0. The van der Waals surface area contributed by atoms with Gasteiger partial charge in [-0.2, -0.15) is 0 Å². The van der Waals surface area contributed by atoms with E-state index in [-0.39, 0.29) is 5.41 Å². The van der Waals surface area contributed by atoms with Crippen molar-refractivity contribution in [3.63, 3.8) is 0 Å². The highest BCUT2D eigenvalue weighted by atomic mass is 35.5. The number of halogens is 1. The molecule has 0 N–H and O–H groups in total. The molecule has 0 aromatic heterocycles. The summed E-state index contributed by atoms with van der Waals surface area (Å²) < 4.78 is 0. The molecule has 0 aliphatic rings. The molecule has 0 nitrogen and oxygen atoms in total. The summed E-state index contributed by atoms with van der Waals surface area (Å²) in [6.07, 6.45) is 1.12. The summed E-state index contributed by atoms with van der Waals surface area (Å²) in [5, 5.41) is 0. The molecule has 0 saturated heterocycles. The molecule has 1 atom stereocenters. The minimum Gasteiger partial charge on any atom is -0.127 e. The van der Waals surface area contributed by atoms with E-state index in [9.17, 15) is 0 Å². The lowest BCUT2D eigenvalue weighted by atomic mass is 9.82. The first kappa shape index (κ1) is 14.8. The fourth-order valence-corrected chi connectivity index (χ4v) is 4.76. The van der Waals surface area contributed by atoms with E-state index in [0.29, 0.717) is 5.54 Å². The van der Waals surface area contributed by atoms with Gasteiger partial charge in [-0.1, -0.05) is 58.1 Å². The molecule has 0 saturated carbocycles. The second kappa shape index (κ2) is 6.06. The van der Waals surface area contributed by atoms with Crippen molar-refractivity contribution >= 4 is 20.4 Å². The average molecular weight is 269 g/mol. The molecule has 0 bridgehead atoms. The van der Waals surface area contributed by atoms with Crippen LogP contribution in [0.25, 0.3) is 0 Å². The van der Waals surface area contributed by atoms with Crippen LogP contribution in [-0.4, -0.2) is 14.7 Å². The van der Waals surface area contributed by atoms with E-state index in [1.165, 1.54) is 5.56 Å². The standard InChI is InChI=1S/C15H25ClSi/c1-15(2,3)13-9-7-6-8-12(13)14(10-11-16)17(4)5/h6-9,14,17H,10-11H2,1-5H3. The van der Waals surface area contributed by atoms with Crippen LogP contribution in [0.3, 0.4) is 0 Å². The number of alkyl halides is 1. The first-order valence-corrected chi connectivity index (χ1v) is 10.0. The van der Waals surface area contributed by atoms with Crippen molar-refractivity contribution in [1.82, 2.24) is 0 Å². The second-order valence-electron chi connectivity index (χ2n) is 6.17. The molecule has 96 valence electrons. The normalized spacial score (nSPS) is 14.1. The summed E-state index contributed by atoms with van der Waals surface area (Å²) in [7, 11) is -0.714. The van der Waals surface area contributed by atoms with E-state index in [0.717, 1.165) is 12.3 Å². The topological polar surface area (TPSA) is 0 Å². The zero-order valence-corrected chi connectivity index (χ0v) is 13.7. The molecular weight excluding hydrogens is 244 g/mol. The van der Waals surface area contributed by atoms with Crippen LogP contribution < -0.4 is 0 Å². The third-order valence-electron chi connectivity index (χ3n) is 3.39. The Bertz CT molecular complexity index is 352. The predicted molar refractivity (Wildman–Crippen MR) is 82.1 cm³/mol. The summed E-state index contributed by atoms with van der Waals surface area (Å²) in [5.74, 6) is 0.772. The zero-order valence-electron chi connectivity index (χ0n) is 11.8. The second-order valence-corrected chi connectivity index (χ2v) is 9.84. The van der Waals surface area contributed by atoms with Gasteiger partial charge in [-0.3, -0.25) is 0 Å². The highest BCUT2D eigenvalue weighted by Crippen LogP contribution is 2.33. The van der Waals surface area contributed by atoms with Crippen LogP contribution in [0.1, 0.15) is 43.9 Å². The molecule has 0 heterocycles. The minimum atomic E-state index is -0.714. The van der Waals surface area contributed by atoms with Crippen LogP contribution in [0, 0.1) is 0 Å². The third-order valence-corrected chi connectivity index (χ3v) is 5.91. The minimum absolute atomic E-state index is 0.227. The molecule has 1 aromatic rings. The summed E-state index contributed by atoms with van der Waals surface area (Å²) in [6, 6.07) is 8.92. The lowest BCUT2D eigenvalue weighted by molar-refractivity contribution is 0.579. The Morgan fingerprint density at radius 3 is 2.24 bits per heavy atom. The molecule has 2 heteroatoms. The Kier molecular flexibility index (Phi) is 5.27. The first-order chi connectivity index (χ1) is 7.88. The molecule has 0 amide bonds. The number of benzene rings is 1. The molecule has 0 radical (unpaired) electrons. The van der Waals surface area contributed by atoms with Gasteiger partial charge < -0.3 is 0 Å². The van der Waals surface area contributed by atoms with Gasteiger partial charge in [-0.05, 0) is 28.5 Å². The molecule has 0 aliphatic carbocycles. The zero-order chi connectivity index (χ0) is 13.1. The third kappa shape index (κ3) is 3.85. The monoisotopic (exact) mass is 268 g/mol. The number of rotatable bonds is 4. The van der Waals surface area contributed by atoms with Gasteiger partial charge >= 0.3 is 0 Å². The van der Waals surface area contributed by atoms with Crippen LogP contribution in [0.4, 0.5) is 0 Å². The van der Waals surface area contributed by atoms with E-state index in [4.69, 9.17) is 11.6 Å². The molecule has 17 heavy (non-hydrogen) atoms. The fourth-order valence-electron chi connectivity index (χ4n) is 2.47. The van der Waals surface area contributed by atoms with Crippen molar-refractivity contribution in [3.05, 3.63) is 35.4 Å². The van der Waals surface area contributed by atoms with Crippen molar-refractivity contribution in [3.8, 4) is 0 Å². The number of hydrogen-bond donors (Lipinski definition) is 0. The summed E-state index contributed by atoms with van der Waals surface area (Å²) in [4.78, 5) is 0. The van der Waals surface area contributed by atoms with Crippen molar-refractivity contribution in [2.24, 2.45) is 0 Å². The quantitative estimate of drug-likeness (QED) is 0.547. The highest BCUT2D eigenvalue weighted by Gasteiger charge is 2.24. The van der Waals surface area contributed by atoms with Gasteiger partial charge in [0.05, 0.1) is 0 Å². The SMILES string of the molecule is C[SiH](C)C(CCCl)c1ccccc1C(C)(C)C. The van der Waals surface area contributed by atoms with Crippen molar-refractivity contribution in [1.29, 1.82) is 0 Å². The van der Waals surface area contributed by atoms with Crippen LogP contribution in [0.15, 0.2) is 24.3 Å². The molecule has 0 fully saturated rings. The van der Waals surface area contributed by atoms with Crippen molar-refractivity contribution in [2.75, 3.05) is 5.88 Å². The summed E-state index contributed by atoms with van der Waals surface area (Å²) >= 11 is 5.98. The Balaban J connectivity index is 3.19. The Hall–Kier alpha value is -0.273. The van der Waals surface area contributed by atoms with Crippen molar-refractivity contribution in [2.45, 2.75) is 51.2 Å². The van der Waals surface area contributed by atoms with Gasteiger partial charge in [-0.25, -0.2) is 0 Å². The molecule has 0 spiro atoms. The van der Waals surface area contributed by atoms with E-state index in [2.05, 4.69) is 58.1 Å². The van der Waals surface area contributed by atoms with Crippen LogP contribution in [0.2, 0.25) is 13.1 Å². The molecule has 1 unspecified atom stereocenters. The average Bonchev–Trinajstić information content (AvgIpc) is 2.24. The molecule has 0 aliphatic heterocycles. The maximum absolute atomic E-state index is 5.98. The maximum atomic E-state index is 5.98. The lowest BCUT2D eigenvalue weighted by Crippen LogP contribution is -2.22. The molecule has 1 aromatic carbocycles. The van der Waals surface area contributed by atoms with E-state index in [1.54, 1.807) is 5.56 Å². The lowest BCUT2D eigenvalue weighted by Gasteiger charge is -2.29. The van der Waals surface area contributed by atoms with Gasteiger partial charge in [0, 0.05) is 14.7 Å². The van der Waals surface area contributed by atoms with Gasteiger partial charge in [0.2, 0.25) is 0 Å². The maximum Gasteiger partial charge on any atom is 0.0388 e.